The first-order valence-corrected chi connectivity index (χ1v) is 10.7. The zero-order valence-corrected chi connectivity index (χ0v) is 14.0. The smallest absolute Gasteiger partial charge is 0.339 e. The van der Waals surface area contributed by atoms with E-state index < -0.39 is 14.0 Å². The Morgan fingerprint density at radius 1 is 1.50 bits per heavy atom. The second-order valence-electron chi connectivity index (χ2n) is 6.24. The molecule has 0 radical (unpaired) electrons. The number of carboxylic acid groups (broad SMARTS) is 1. The third kappa shape index (κ3) is 3.72. The van der Waals surface area contributed by atoms with E-state index in [2.05, 4.69) is 35.5 Å². The number of hydrogen-bond donors (Lipinski definition) is 1. The fourth-order valence-electron chi connectivity index (χ4n) is 1.92. The van der Waals surface area contributed by atoms with E-state index in [0.717, 1.165) is 6.04 Å². The van der Waals surface area contributed by atoms with Crippen LogP contribution in [0.5, 0.6) is 0 Å². The van der Waals surface area contributed by atoms with Crippen LogP contribution in [-0.4, -0.2) is 40.3 Å². The molecule has 0 saturated carbocycles. The lowest BCUT2D eigenvalue weighted by Gasteiger charge is -2.15. The van der Waals surface area contributed by atoms with Crippen molar-refractivity contribution in [2.24, 2.45) is 0 Å². The molecule has 6 nitrogen and oxygen atoms in total. The molecule has 0 aromatic carbocycles. The number of fused-ring (bicyclic) bond motifs is 1. The highest BCUT2D eigenvalue weighted by atomic mass is 28.3. The molecule has 0 fully saturated rings. The van der Waals surface area contributed by atoms with Crippen LogP contribution in [0, 0.1) is 12.3 Å². The summed E-state index contributed by atoms with van der Waals surface area (Å²) >= 11 is 0. The third-order valence-electron chi connectivity index (χ3n) is 3.17. The van der Waals surface area contributed by atoms with Crippen LogP contribution >= 0.6 is 0 Å². The summed E-state index contributed by atoms with van der Waals surface area (Å²) in [6.07, 6.45) is 8.22. The number of hydrogen-bond acceptors (Lipinski definition) is 4. The van der Waals surface area contributed by atoms with Crippen LogP contribution in [0.4, 0.5) is 0 Å². The van der Waals surface area contributed by atoms with Crippen LogP contribution in [0.15, 0.2) is 12.4 Å². The molecule has 0 spiro atoms. The maximum atomic E-state index is 11.3. The lowest BCUT2D eigenvalue weighted by Crippen LogP contribution is -2.22. The Morgan fingerprint density at radius 3 is 2.82 bits per heavy atom. The third-order valence-corrected chi connectivity index (χ3v) is 4.87. The molecule has 0 saturated heterocycles. The molecule has 2 rings (SSSR count). The number of terminal acetylenes is 1. The van der Waals surface area contributed by atoms with E-state index >= 15 is 0 Å². The fraction of sp³-hybridized carbons (Fsp3) is 0.400. The van der Waals surface area contributed by atoms with E-state index in [0.29, 0.717) is 17.9 Å². The van der Waals surface area contributed by atoms with Gasteiger partial charge in [0.1, 0.15) is 23.5 Å². The molecule has 0 atom stereocenters. The molecule has 2 aromatic rings. The molecular weight excluding hydrogens is 298 g/mol. The van der Waals surface area contributed by atoms with Crippen molar-refractivity contribution in [3.8, 4) is 12.3 Å². The summed E-state index contributed by atoms with van der Waals surface area (Å²) in [5, 5.41) is 9.27. The predicted molar refractivity (Wildman–Crippen MR) is 86.5 cm³/mol. The minimum atomic E-state index is -1.15. The molecule has 0 amide bonds. The first-order valence-electron chi connectivity index (χ1n) is 6.95. The lowest BCUT2D eigenvalue weighted by atomic mass is 10.3. The zero-order chi connectivity index (χ0) is 16.3. The standard InChI is InChI=1S/C15H19N3O3Si/c1-5-11-8-16-14-13(17-11)12(15(19)20)9-18(14)10-21-6-7-22(2,3)4/h1,8-9H,6-7,10H2,2-4H3,(H,19,20). The average Bonchev–Trinajstić information content (AvgIpc) is 2.80. The molecule has 0 unspecified atom stereocenters. The first-order chi connectivity index (χ1) is 10.3. The van der Waals surface area contributed by atoms with Crippen LogP contribution < -0.4 is 0 Å². The lowest BCUT2D eigenvalue weighted by molar-refractivity contribution is 0.0696. The second-order valence-corrected chi connectivity index (χ2v) is 11.9. The maximum Gasteiger partial charge on any atom is 0.339 e. The van der Waals surface area contributed by atoms with Crippen molar-refractivity contribution >= 4 is 25.2 Å². The number of carbonyl (C=O) groups is 1. The molecule has 0 aliphatic carbocycles. The van der Waals surface area contributed by atoms with Crippen LogP contribution in [0.2, 0.25) is 25.7 Å². The first kappa shape index (κ1) is 16.2. The minimum absolute atomic E-state index is 0.0772. The average molecular weight is 317 g/mol. The van der Waals surface area contributed by atoms with Gasteiger partial charge >= 0.3 is 5.97 Å². The van der Waals surface area contributed by atoms with Gasteiger partial charge in [0.15, 0.2) is 5.65 Å². The Morgan fingerprint density at radius 2 is 2.23 bits per heavy atom. The number of ether oxygens (including phenoxy) is 1. The summed E-state index contributed by atoms with van der Waals surface area (Å²) in [7, 11) is -1.15. The van der Waals surface area contributed by atoms with Gasteiger partial charge < -0.3 is 14.4 Å². The molecule has 2 heterocycles. The molecule has 116 valence electrons. The van der Waals surface area contributed by atoms with Crippen LogP contribution in [0.1, 0.15) is 16.1 Å². The predicted octanol–water partition coefficient (Wildman–Crippen LogP) is 2.42. The van der Waals surface area contributed by atoms with Crippen molar-refractivity contribution in [3.63, 3.8) is 0 Å². The Balaban J connectivity index is 2.23. The fourth-order valence-corrected chi connectivity index (χ4v) is 2.67. The van der Waals surface area contributed by atoms with Crippen molar-refractivity contribution in [2.75, 3.05) is 6.61 Å². The molecule has 2 aromatic heterocycles. The quantitative estimate of drug-likeness (QED) is 0.503. The molecular formula is C15H19N3O3Si. The summed E-state index contributed by atoms with van der Waals surface area (Å²) in [5.41, 5.74) is 1.14. The van der Waals surface area contributed by atoms with E-state index in [-0.39, 0.29) is 17.8 Å². The normalized spacial score (nSPS) is 11.5. The second kappa shape index (κ2) is 6.30. The van der Waals surface area contributed by atoms with Gasteiger partial charge in [0, 0.05) is 20.9 Å². The number of rotatable bonds is 6. The van der Waals surface area contributed by atoms with E-state index in [4.69, 9.17) is 11.2 Å². The Kier molecular flexibility index (Phi) is 4.64. The van der Waals surface area contributed by atoms with Gasteiger partial charge in [-0.1, -0.05) is 19.6 Å². The summed E-state index contributed by atoms with van der Waals surface area (Å²) in [6.45, 7) is 7.72. The van der Waals surface area contributed by atoms with Gasteiger partial charge in [-0.2, -0.15) is 0 Å². The van der Waals surface area contributed by atoms with Gasteiger partial charge in [-0.05, 0) is 12.0 Å². The molecule has 0 bridgehead atoms. The van der Waals surface area contributed by atoms with E-state index in [9.17, 15) is 9.90 Å². The van der Waals surface area contributed by atoms with Crippen molar-refractivity contribution < 1.29 is 14.6 Å². The van der Waals surface area contributed by atoms with Gasteiger partial charge in [-0.3, -0.25) is 0 Å². The number of nitrogens with zero attached hydrogens (tertiary/aromatic N) is 3. The van der Waals surface area contributed by atoms with E-state index in [1.54, 1.807) is 4.57 Å². The van der Waals surface area contributed by atoms with Gasteiger partial charge in [0.2, 0.25) is 0 Å². The SMILES string of the molecule is C#Cc1cnc2c(n1)c(C(=O)O)cn2COCC[Si](C)(C)C. The van der Waals surface area contributed by atoms with Crippen molar-refractivity contribution in [1.82, 2.24) is 14.5 Å². The maximum absolute atomic E-state index is 11.3. The van der Waals surface area contributed by atoms with E-state index in [1.165, 1.54) is 12.4 Å². The van der Waals surface area contributed by atoms with Gasteiger partial charge in [0.05, 0.1) is 6.20 Å². The van der Waals surface area contributed by atoms with Gasteiger partial charge in [-0.15, -0.1) is 6.42 Å². The molecule has 1 N–H and O–H groups in total. The largest absolute Gasteiger partial charge is 0.478 e. The highest BCUT2D eigenvalue weighted by Crippen LogP contribution is 2.18. The number of aromatic nitrogens is 3. The van der Waals surface area contributed by atoms with Crippen LogP contribution in [0.3, 0.4) is 0 Å². The Labute approximate surface area is 130 Å². The minimum Gasteiger partial charge on any atom is -0.478 e. The Hall–Kier alpha value is -2.17. The summed E-state index contributed by atoms with van der Waals surface area (Å²) < 4.78 is 7.30. The summed E-state index contributed by atoms with van der Waals surface area (Å²) in [6, 6.07) is 1.05. The highest BCUT2D eigenvalue weighted by molar-refractivity contribution is 6.76. The molecule has 0 aliphatic rings. The molecule has 0 aliphatic heterocycles. The summed E-state index contributed by atoms with van der Waals surface area (Å²) in [4.78, 5) is 19.7. The monoisotopic (exact) mass is 317 g/mol. The summed E-state index contributed by atoms with van der Waals surface area (Å²) in [5.74, 6) is 1.30. The number of aromatic carboxylic acids is 1. The van der Waals surface area contributed by atoms with Crippen LogP contribution in [0.25, 0.3) is 11.2 Å². The van der Waals surface area contributed by atoms with E-state index in [1.807, 2.05) is 0 Å². The van der Waals surface area contributed by atoms with Gasteiger partial charge in [-0.25, -0.2) is 14.8 Å². The van der Waals surface area contributed by atoms with Crippen molar-refractivity contribution in [3.05, 3.63) is 23.7 Å². The van der Waals surface area contributed by atoms with Crippen molar-refractivity contribution in [1.29, 1.82) is 0 Å². The zero-order valence-electron chi connectivity index (χ0n) is 13.0. The Bertz CT molecular complexity index is 741. The molecule has 7 heteroatoms. The topological polar surface area (TPSA) is 77.2 Å². The van der Waals surface area contributed by atoms with Gasteiger partial charge in [0.25, 0.3) is 0 Å². The molecule has 22 heavy (non-hydrogen) atoms. The number of carboxylic acids is 1. The van der Waals surface area contributed by atoms with Crippen LogP contribution in [-0.2, 0) is 11.5 Å². The highest BCUT2D eigenvalue weighted by Gasteiger charge is 2.17. The van der Waals surface area contributed by atoms with Crippen molar-refractivity contribution in [2.45, 2.75) is 32.4 Å².